The van der Waals surface area contributed by atoms with E-state index < -0.39 is 5.91 Å². The molecule has 0 aliphatic heterocycles. The summed E-state index contributed by atoms with van der Waals surface area (Å²) in [4.78, 5) is 28.6. The molecule has 1 aromatic heterocycles. The van der Waals surface area contributed by atoms with E-state index in [0.717, 1.165) is 5.56 Å². The van der Waals surface area contributed by atoms with Crippen LogP contribution in [0.4, 0.5) is 5.82 Å². The van der Waals surface area contributed by atoms with Gasteiger partial charge in [-0.15, -0.1) is 0 Å². The number of hydrogen-bond acceptors (Lipinski definition) is 3. The number of imidazole rings is 1. The van der Waals surface area contributed by atoms with Crippen LogP contribution in [0.2, 0.25) is 0 Å². The van der Waals surface area contributed by atoms with E-state index in [0.29, 0.717) is 12.1 Å². The van der Waals surface area contributed by atoms with Crippen LogP contribution in [-0.4, -0.2) is 21.4 Å². The molecule has 3 N–H and O–H groups in total. The van der Waals surface area contributed by atoms with Crippen LogP contribution in [0.25, 0.3) is 0 Å². The van der Waals surface area contributed by atoms with Crippen molar-refractivity contribution in [2.75, 3.05) is 5.32 Å². The van der Waals surface area contributed by atoms with Crippen LogP contribution in [0.1, 0.15) is 52.7 Å². The summed E-state index contributed by atoms with van der Waals surface area (Å²) in [6, 6.07) is 16.9. The quantitative estimate of drug-likeness (QED) is 0.713. The molecule has 2 aromatic carbocycles. The molecule has 3 rings (SSSR count). The Balaban J connectivity index is 1.83. The average molecular weight is 376 g/mol. The van der Waals surface area contributed by atoms with E-state index in [1.165, 1.54) is 11.9 Å². The average Bonchev–Trinajstić information content (AvgIpc) is 3.04. The first-order valence-electron chi connectivity index (χ1n) is 9.06. The van der Waals surface area contributed by atoms with Crippen molar-refractivity contribution in [1.82, 2.24) is 9.55 Å². The van der Waals surface area contributed by atoms with Crippen LogP contribution in [-0.2, 0) is 12.0 Å². The van der Waals surface area contributed by atoms with Gasteiger partial charge in [0.1, 0.15) is 0 Å². The van der Waals surface area contributed by atoms with Gasteiger partial charge >= 0.3 is 0 Å². The number of carbonyl (C=O) groups is 2. The van der Waals surface area contributed by atoms with E-state index in [4.69, 9.17) is 5.73 Å². The first-order valence-corrected chi connectivity index (χ1v) is 9.06. The summed E-state index contributed by atoms with van der Waals surface area (Å²) in [7, 11) is 0. The largest absolute Gasteiger partial charge is 0.364 e. The molecule has 2 amide bonds. The number of nitrogens with zero attached hydrogens (tertiary/aromatic N) is 2. The molecule has 0 saturated carbocycles. The molecule has 144 valence electrons. The van der Waals surface area contributed by atoms with Gasteiger partial charge in [-0.1, -0.05) is 63.2 Å². The number of amides is 2. The normalized spacial score (nSPS) is 11.2. The zero-order chi connectivity index (χ0) is 20.3. The minimum atomic E-state index is -0.646. The van der Waals surface area contributed by atoms with Gasteiger partial charge in [-0.25, -0.2) is 4.98 Å². The molecule has 0 aliphatic rings. The second-order valence-electron chi connectivity index (χ2n) is 7.70. The van der Waals surface area contributed by atoms with Gasteiger partial charge in [0, 0.05) is 12.1 Å². The van der Waals surface area contributed by atoms with E-state index in [9.17, 15) is 9.59 Å². The first kappa shape index (κ1) is 19.4. The summed E-state index contributed by atoms with van der Waals surface area (Å²) in [5.74, 6) is -0.831. The van der Waals surface area contributed by atoms with E-state index in [-0.39, 0.29) is 22.8 Å². The topological polar surface area (TPSA) is 90.0 Å². The molecule has 0 saturated heterocycles. The van der Waals surface area contributed by atoms with Gasteiger partial charge in [-0.2, -0.15) is 0 Å². The first-order chi connectivity index (χ1) is 13.3. The van der Waals surface area contributed by atoms with Gasteiger partial charge in [-0.3, -0.25) is 9.59 Å². The molecule has 0 fully saturated rings. The fourth-order valence-corrected chi connectivity index (χ4v) is 2.93. The van der Waals surface area contributed by atoms with Gasteiger partial charge in [0.25, 0.3) is 11.8 Å². The summed E-state index contributed by atoms with van der Waals surface area (Å²) in [5.41, 5.74) is 8.51. The zero-order valence-corrected chi connectivity index (χ0v) is 16.3. The van der Waals surface area contributed by atoms with Crippen LogP contribution in [0.5, 0.6) is 0 Å². The number of aromatic nitrogens is 2. The molecule has 28 heavy (non-hydrogen) atoms. The molecule has 1 heterocycles. The number of nitrogens with two attached hydrogens (primary N) is 1. The summed E-state index contributed by atoms with van der Waals surface area (Å²) in [6.07, 6.45) is 1.51. The summed E-state index contributed by atoms with van der Waals surface area (Å²) >= 11 is 0. The zero-order valence-electron chi connectivity index (χ0n) is 16.3. The Morgan fingerprint density at radius 2 is 1.68 bits per heavy atom. The van der Waals surface area contributed by atoms with Crippen molar-refractivity contribution in [3.8, 4) is 0 Å². The maximum absolute atomic E-state index is 12.4. The van der Waals surface area contributed by atoms with Crippen LogP contribution < -0.4 is 11.1 Å². The monoisotopic (exact) mass is 376 g/mol. The number of carbonyl (C=O) groups excluding carboxylic acids is 2. The predicted octanol–water partition coefficient (Wildman–Crippen LogP) is 3.58. The lowest BCUT2D eigenvalue weighted by Gasteiger charge is -2.19. The predicted molar refractivity (Wildman–Crippen MR) is 109 cm³/mol. The fraction of sp³-hybridized carbons (Fsp3) is 0.227. The highest BCUT2D eigenvalue weighted by Gasteiger charge is 2.19. The number of anilines is 1. The van der Waals surface area contributed by atoms with Crippen molar-refractivity contribution in [2.24, 2.45) is 5.73 Å². The Labute approximate surface area is 164 Å². The van der Waals surface area contributed by atoms with Gasteiger partial charge in [0.05, 0.1) is 6.33 Å². The van der Waals surface area contributed by atoms with E-state index in [1.54, 1.807) is 28.8 Å². The summed E-state index contributed by atoms with van der Waals surface area (Å²) in [6.45, 7) is 6.90. The molecule has 0 spiro atoms. The third kappa shape index (κ3) is 4.28. The van der Waals surface area contributed by atoms with E-state index >= 15 is 0 Å². The Morgan fingerprint density at radius 3 is 2.25 bits per heavy atom. The third-order valence-electron chi connectivity index (χ3n) is 4.51. The minimum absolute atomic E-state index is 0.0702. The third-order valence-corrected chi connectivity index (χ3v) is 4.51. The second kappa shape index (κ2) is 7.68. The lowest BCUT2D eigenvalue weighted by atomic mass is 9.87. The molecular formula is C22H24N4O2. The van der Waals surface area contributed by atoms with Crippen molar-refractivity contribution in [3.63, 3.8) is 0 Å². The van der Waals surface area contributed by atoms with Crippen molar-refractivity contribution < 1.29 is 9.59 Å². The van der Waals surface area contributed by atoms with Crippen molar-refractivity contribution in [1.29, 1.82) is 0 Å². The Morgan fingerprint density at radius 1 is 1.04 bits per heavy atom. The van der Waals surface area contributed by atoms with Gasteiger partial charge in [-0.05, 0) is 28.7 Å². The fourth-order valence-electron chi connectivity index (χ4n) is 2.93. The van der Waals surface area contributed by atoms with E-state index in [1.807, 2.05) is 18.2 Å². The molecule has 0 aliphatic carbocycles. The van der Waals surface area contributed by atoms with Gasteiger partial charge in [0.2, 0.25) is 0 Å². The van der Waals surface area contributed by atoms with Crippen LogP contribution in [0.3, 0.4) is 0 Å². The minimum Gasteiger partial charge on any atom is -0.364 e. The van der Waals surface area contributed by atoms with Gasteiger partial charge in [0.15, 0.2) is 11.5 Å². The highest BCUT2D eigenvalue weighted by molar-refractivity contribution is 6.07. The SMILES string of the molecule is CC(C)(C)c1ccc(Cn2cnc(NC(=O)c3ccccc3)c2C(N)=O)cc1. The number of primary amides is 1. The molecule has 0 radical (unpaired) electrons. The number of rotatable bonds is 5. The number of nitrogens with one attached hydrogen (secondary N) is 1. The highest BCUT2D eigenvalue weighted by atomic mass is 16.2. The maximum atomic E-state index is 12.4. The smallest absolute Gasteiger partial charge is 0.269 e. The summed E-state index contributed by atoms with van der Waals surface area (Å²) < 4.78 is 1.65. The Hall–Kier alpha value is -3.41. The van der Waals surface area contributed by atoms with Crippen molar-refractivity contribution >= 4 is 17.6 Å². The van der Waals surface area contributed by atoms with Crippen LogP contribution >= 0.6 is 0 Å². The van der Waals surface area contributed by atoms with Crippen molar-refractivity contribution in [2.45, 2.75) is 32.7 Å². The second-order valence-corrected chi connectivity index (χ2v) is 7.70. The molecule has 3 aromatic rings. The summed E-state index contributed by atoms with van der Waals surface area (Å²) in [5, 5.41) is 2.67. The van der Waals surface area contributed by atoms with Gasteiger partial charge < -0.3 is 15.6 Å². The molecular weight excluding hydrogens is 352 g/mol. The van der Waals surface area contributed by atoms with Crippen molar-refractivity contribution in [3.05, 3.63) is 83.3 Å². The molecule has 6 heteroatoms. The number of hydrogen-bond donors (Lipinski definition) is 2. The highest BCUT2D eigenvalue weighted by Crippen LogP contribution is 2.23. The standard InChI is InChI=1S/C22H24N4O2/c1-22(2,3)17-11-9-15(10-12-17)13-26-14-24-20(18(26)19(23)27)25-21(28)16-7-5-4-6-8-16/h4-12,14H,13H2,1-3H3,(H2,23,27)(H,25,28). The van der Waals surface area contributed by atoms with Crippen LogP contribution in [0.15, 0.2) is 60.9 Å². The van der Waals surface area contributed by atoms with E-state index in [2.05, 4.69) is 43.2 Å². The lowest BCUT2D eigenvalue weighted by Crippen LogP contribution is -2.21. The van der Waals surface area contributed by atoms with Crippen LogP contribution in [0, 0.1) is 0 Å². The molecule has 6 nitrogen and oxygen atoms in total. The number of benzene rings is 2. The molecule has 0 unspecified atom stereocenters. The maximum Gasteiger partial charge on any atom is 0.269 e. The Bertz CT molecular complexity index is 984. The molecule has 0 atom stereocenters. The lowest BCUT2D eigenvalue weighted by molar-refractivity contribution is 0.0993. The molecule has 0 bridgehead atoms. The Kier molecular flexibility index (Phi) is 5.31.